The topological polar surface area (TPSA) is 0 Å². The van der Waals surface area contributed by atoms with Gasteiger partial charge in [0.15, 0.2) is 0 Å². The van der Waals surface area contributed by atoms with E-state index < -0.39 is 0 Å². The molecule has 0 atom stereocenters. The molecule has 2 rings (SSSR count). The van der Waals surface area contributed by atoms with Crippen molar-refractivity contribution in [3.8, 4) is 0 Å². The third-order valence-corrected chi connectivity index (χ3v) is 3.25. The number of allylic oxidation sites excluding steroid dienone is 1. The van der Waals surface area contributed by atoms with Gasteiger partial charge in [-0.05, 0) is 22.4 Å². The van der Waals surface area contributed by atoms with Gasteiger partial charge in [-0.2, -0.15) is 0 Å². The fraction of sp³-hybridized carbons (Fsp3) is 0.0909. The van der Waals surface area contributed by atoms with E-state index in [0.29, 0.717) is 0 Å². The van der Waals surface area contributed by atoms with Crippen LogP contribution in [0.5, 0.6) is 0 Å². The van der Waals surface area contributed by atoms with Gasteiger partial charge in [-0.1, -0.05) is 46.3 Å². The minimum atomic E-state index is 0.914. The van der Waals surface area contributed by atoms with E-state index in [0.717, 1.165) is 5.33 Å². The molecule has 66 valence electrons. The Morgan fingerprint density at radius 2 is 2.15 bits per heavy atom. The van der Waals surface area contributed by atoms with Crippen LogP contribution in [0, 0.1) is 0 Å². The molecule has 0 radical (unpaired) electrons. The molecule has 0 saturated carbocycles. The lowest BCUT2D eigenvalue weighted by Crippen LogP contribution is -1.67. The van der Waals surface area contributed by atoms with Crippen molar-refractivity contribution in [1.82, 2.24) is 0 Å². The summed E-state index contributed by atoms with van der Waals surface area (Å²) in [5.41, 5.74) is 1.32. The molecule has 0 unspecified atom stereocenters. The predicted octanol–water partition coefficient (Wildman–Crippen LogP) is 4.31. The summed E-state index contributed by atoms with van der Waals surface area (Å²) < 4.78 is 1.36. The van der Waals surface area contributed by atoms with Gasteiger partial charge >= 0.3 is 0 Å². The average molecular weight is 253 g/mol. The molecule has 0 N–H and O–H groups in total. The molecule has 1 aromatic heterocycles. The fourth-order valence-electron chi connectivity index (χ4n) is 1.30. The van der Waals surface area contributed by atoms with Crippen molar-refractivity contribution in [1.29, 1.82) is 0 Å². The smallest absolute Gasteiger partial charge is 0.0348 e. The second-order valence-electron chi connectivity index (χ2n) is 2.74. The Kier molecular flexibility index (Phi) is 2.81. The first-order chi connectivity index (χ1) is 6.42. The first-order valence-electron chi connectivity index (χ1n) is 4.10. The van der Waals surface area contributed by atoms with Crippen LogP contribution in [0.3, 0.4) is 0 Å². The van der Waals surface area contributed by atoms with Gasteiger partial charge in [-0.15, -0.1) is 11.3 Å². The minimum Gasteiger partial charge on any atom is -0.143 e. The predicted molar refractivity (Wildman–Crippen MR) is 64.7 cm³/mol. The highest BCUT2D eigenvalue weighted by molar-refractivity contribution is 9.09. The second-order valence-corrected chi connectivity index (χ2v) is 4.30. The molecule has 0 aliphatic heterocycles. The van der Waals surface area contributed by atoms with Gasteiger partial charge in [-0.3, -0.25) is 0 Å². The molecule has 0 amide bonds. The molecular formula is C11H9BrS. The number of halogens is 1. The number of rotatable bonds is 2. The Morgan fingerprint density at radius 3 is 3.00 bits per heavy atom. The van der Waals surface area contributed by atoms with Crippen LogP contribution >= 0.6 is 27.3 Å². The van der Waals surface area contributed by atoms with Gasteiger partial charge in [0.1, 0.15) is 0 Å². The molecule has 1 heterocycles. The quantitative estimate of drug-likeness (QED) is 0.699. The van der Waals surface area contributed by atoms with Gasteiger partial charge in [-0.25, -0.2) is 0 Å². The molecular weight excluding hydrogens is 244 g/mol. The van der Waals surface area contributed by atoms with Crippen molar-refractivity contribution >= 4 is 43.4 Å². The van der Waals surface area contributed by atoms with Crippen LogP contribution in [0.15, 0.2) is 35.7 Å². The highest BCUT2D eigenvalue weighted by Gasteiger charge is 1.98. The van der Waals surface area contributed by atoms with Gasteiger partial charge in [0.05, 0.1) is 0 Å². The standard InChI is InChI=1S/C11H9BrS/c12-7-3-4-9-8-13-11-6-2-1-5-10(9)11/h1-6,8H,7H2/b4-3+. The van der Waals surface area contributed by atoms with Gasteiger partial charge in [0.25, 0.3) is 0 Å². The van der Waals surface area contributed by atoms with Crippen molar-refractivity contribution < 1.29 is 0 Å². The number of alkyl halides is 1. The first-order valence-corrected chi connectivity index (χ1v) is 6.10. The lowest BCUT2D eigenvalue weighted by Gasteiger charge is -1.89. The summed E-state index contributed by atoms with van der Waals surface area (Å²) >= 11 is 5.17. The SMILES string of the molecule is BrC/C=C/c1csc2ccccc12. The molecule has 1 aromatic carbocycles. The van der Waals surface area contributed by atoms with Crippen molar-refractivity contribution in [2.45, 2.75) is 0 Å². The van der Waals surface area contributed by atoms with Crippen molar-refractivity contribution in [2.24, 2.45) is 0 Å². The fourth-order valence-corrected chi connectivity index (χ4v) is 2.42. The monoisotopic (exact) mass is 252 g/mol. The van der Waals surface area contributed by atoms with Crippen LogP contribution in [0.2, 0.25) is 0 Å². The number of benzene rings is 1. The Morgan fingerprint density at radius 1 is 1.31 bits per heavy atom. The Labute approximate surface area is 90.0 Å². The van der Waals surface area contributed by atoms with E-state index in [-0.39, 0.29) is 0 Å². The number of hydrogen-bond acceptors (Lipinski definition) is 1. The third-order valence-electron chi connectivity index (χ3n) is 1.90. The van der Waals surface area contributed by atoms with Crippen LogP contribution in [-0.4, -0.2) is 5.33 Å². The average Bonchev–Trinajstić information content (AvgIpc) is 2.58. The lowest BCUT2D eigenvalue weighted by molar-refractivity contribution is 1.80. The Balaban J connectivity index is 2.52. The van der Waals surface area contributed by atoms with E-state index in [9.17, 15) is 0 Å². The van der Waals surface area contributed by atoms with Crippen LogP contribution < -0.4 is 0 Å². The van der Waals surface area contributed by atoms with Crippen molar-refractivity contribution in [2.75, 3.05) is 5.33 Å². The number of hydrogen-bond donors (Lipinski definition) is 0. The molecule has 0 saturated heterocycles. The van der Waals surface area contributed by atoms with Gasteiger partial charge < -0.3 is 0 Å². The summed E-state index contributed by atoms with van der Waals surface area (Å²) in [6.07, 6.45) is 4.28. The van der Waals surface area contributed by atoms with E-state index in [1.54, 1.807) is 11.3 Å². The maximum absolute atomic E-state index is 3.38. The van der Waals surface area contributed by atoms with Gasteiger partial charge in [0.2, 0.25) is 0 Å². The summed E-state index contributed by atoms with van der Waals surface area (Å²) in [6.45, 7) is 0. The van der Waals surface area contributed by atoms with Crippen LogP contribution in [0.1, 0.15) is 5.56 Å². The molecule has 0 nitrogen and oxygen atoms in total. The molecule has 0 bridgehead atoms. The summed E-state index contributed by atoms with van der Waals surface area (Å²) in [5.74, 6) is 0. The molecule has 2 heteroatoms. The van der Waals surface area contributed by atoms with Gasteiger partial charge in [0, 0.05) is 10.0 Å². The largest absolute Gasteiger partial charge is 0.143 e. The minimum absolute atomic E-state index is 0.914. The summed E-state index contributed by atoms with van der Waals surface area (Å²) in [6, 6.07) is 8.49. The van der Waals surface area contributed by atoms with Crippen LogP contribution in [0.25, 0.3) is 16.2 Å². The molecule has 2 aromatic rings. The molecule has 0 aliphatic rings. The molecule has 0 aliphatic carbocycles. The molecule has 0 fully saturated rings. The number of thiophene rings is 1. The third kappa shape index (κ3) is 1.84. The first kappa shape index (κ1) is 8.97. The maximum Gasteiger partial charge on any atom is 0.0348 e. The van der Waals surface area contributed by atoms with E-state index >= 15 is 0 Å². The summed E-state index contributed by atoms with van der Waals surface area (Å²) in [4.78, 5) is 0. The number of fused-ring (bicyclic) bond motifs is 1. The molecule has 0 spiro atoms. The van der Waals surface area contributed by atoms with Crippen molar-refractivity contribution in [3.63, 3.8) is 0 Å². The van der Waals surface area contributed by atoms with E-state index in [1.807, 2.05) is 0 Å². The van der Waals surface area contributed by atoms with E-state index in [2.05, 4.69) is 57.7 Å². The zero-order chi connectivity index (χ0) is 9.10. The van der Waals surface area contributed by atoms with Crippen molar-refractivity contribution in [3.05, 3.63) is 41.3 Å². The maximum atomic E-state index is 3.38. The Bertz CT molecular complexity index is 428. The van der Waals surface area contributed by atoms with E-state index in [4.69, 9.17) is 0 Å². The lowest BCUT2D eigenvalue weighted by atomic mass is 10.2. The molecule has 13 heavy (non-hydrogen) atoms. The Hall–Kier alpha value is -0.600. The highest BCUT2D eigenvalue weighted by Crippen LogP contribution is 2.26. The van der Waals surface area contributed by atoms with E-state index in [1.165, 1.54) is 15.6 Å². The zero-order valence-corrected chi connectivity index (χ0v) is 9.44. The zero-order valence-electron chi connectivity index (χ0n) is 7.03. The summed E-state index contributed by atoms with van der Waals surface area (Å²) in [5, 5.41) is 4.46. The van der Waals surface area contributed by atoms with Crippen LogP contribution in [-0.2, 0) is 0 Å². The second kappa shape index (κ2) is 4.07. The summed E-state index contributed by atoms with van der Waals surface area (Å²) in [7, 11) is 0. The normalized spacial score (nSPS) is 11.5. The highest BCUT2D eigenvalue weighted by atomic mass is 79.9. The van der Waals surface area contributed by atoms with Crippen LogP contribution in [0.4, 0.5) is 0 Å².